The number of halogens is 3. The zero-order chi connectivity index (χ0) is 18.4. The summed E-state index contributed by atoms with van der Waals surface area (Å²) in [6, 6.07) is 12.9. The molecule has 25 heavy (non-hydrogen) atoms. The van der Waals surface area contributed by atoms with Crippen molar-refractivity contribution in [2.75, 3.05) is 6.54 Å². The molecular weight excluding hydrogens is 335 g/mol. The van der Waals surface area contributed by atoms with Gasteiger partial charge in [-0.1, -0.05) is 30.3 Å². The fourth-order valence-electron chi connectivity index (χ4n) is 2.11. The van der Waals surface area contributed by atoms with Crippen LogP contribution in [-0.2, 0) is 11.0 Å². The second-order valence-corrected chi connectivity index (χ2v) is 5.45. The van der Waals surface area contributed by atoms with Crippen LogP contribution in [0.4, 0.5) is 13.2 Å². The maximum Gasteiger partial charge on any atom is 0.416 e. The molecule has 0 aliphatic heterocycles. The Morgan fingerprint density at radius 2 is 1.72 bits per heavy atom. The minimum Gasteiger partial charge on any atom is -0.481 e. The number of alkyl halides is 3. The summed E-state index contributed by atoms with van der Waals surface area (Å²) < 4.78 is 43.0. The lowest BCUT2D eigenvalue weighted by atomic mass is 10.1. The Bertz CT molecular complexity index is 687. The molecule has 134 valence electrons. The largest absolute Gasteiger partial charge is 0.481 e. The van der Waals surface area contributed by atoms with E-state index in [-0.39, 0.29) is 12.1 Å². The molecule has 2 N–H and O–H groups in total. The Labute approximate surface area is 143 Å². The fourth-order valence-corrected chi connectivity index (χ4v) is 2.11. The van der Waals surface area contributed by atoms with Crippen LogP contribution in [0.5, 0.6) is 5.75 Å². The zero-order valence-electron chi connectivity index (χ0n) is 13.5. The van der Waals surface area contributed by atoms with Crippen molar-refractivity contribution in [3.8, 4) is 5.75 Å². The van der Waals surface area contributed by atoms with E-state index in [0.29, 0.717) is 5.75 Å². The van der Waals surface area contributed by atoms with Crippen LogP contribution in [0.25, 0.3) is 0 Å². The lowest BCUT2D eigenvalue weighted by molar-refractivity contribution is -0.137. The molecule has 2 atom stereocenters. The number of hydrogen-bond donors (Lipinski definition) is 2. The van der Waals surface area contributed by atoms with Crippen molar-refractivity contribution in [2.45, 2.75) is 25.3 Å². The van der Waals surface area contributed by atoms with Crippen LogP contribution >= 0.6 is 0 Å². The first-order valence-corrected chi connectivity index (χ1v) is 7.62. The number of rotatable bonds is 6. The van der Waals surface area contributed by atoms with Crippen molar-refractivity contribution in [2.24, 2.45) is 0 Å². The van der Waals surface area contributed by atoms with Crippen LogP contribution < -0.4 is 10.1 Å². The smallest absolute Gasteiger partial charge is 0.416 e. The summed E-state index contributed by atoms with van der Waals surface area (Å²) >= 11 is 0. The van der Waals surface area contributed by atoms with Crippen molar-refractivity contribution in [1.29, 1.82) is 0 Å². The average molecular weight is 353 g/mol. The van der Waals surface area contributed by atoms with Gasteiger partial charge < -0.3 is 15.2 Å². The Balaban J connectivity index is 1.86. The summed E-state index contributed by atoms with van der Waals surface area (Å²) in [5.74, 6) is 0.100. The van der Waals surface area contributed by atoms with Gasteiger partial charge in [0.1, 0.15) is 5.75 Å². The molecule has 0 fully saturated rings. The maximum absolute atomic E-state index is 12.5. The van der Waals surface area contributed by atoms with E-state index in [0.717, 1.165) is 12.1 Å². The van der Waals surface area contributed by atoms with Gasteiger partial charge in [-0.2, -0.15) is 13.2 Å². The molecule has 7 heteroatoms. The molecule has 0 saturated carbocycles. The Hall–Kier alpha value is -2.54. The van der Waals surface area contributed by atoms with Crippen molar-refractivity contribution in [1.82, 2.24) is 5.32 Å². The van der Waals surface area contributed by atoms with E-state index in [1.807, 2.05) is 6.07 Å². The summed E-state index contributed by atoms with van der Waals surface area (Å²) in [6.07, 6.45) is -6.32. The molecule has 4 nitrogen and oxygen atoms in total. The van der Waals surface area contributed by atoms with E-state index in [9.17, 15) is 23.1 Å². The number of aliphatic hydroxyl groups is 1. The van der Waals surface area contributed by atoms with Crippen molar-refractivity contribution in [3.05, 3.63) is 65.7 Å². The third kappa shape index (κ3) is 5.49. The highest BCUT2D eigenvalue weighted by atomic mass is 19.4. The molecule has 0 aliphatic rings. The first-order chi connectivity index (χ1) is 11.8. The average Bonchev–Trinajstić information content (AvgIpc) is 2.59. The van der Waals surface area contributed by atoms with Crippen molar-refractivity contribution in [3.63, 3.8) is 0 Å². The van der Waals surface area contributed by atoms with E-state index in [2.05, 4.69) is 5.32 Å². The molecule has 0 bridgehead atoms. The molecule has 0 radical (unpaired) electrons. The van der Waals surface area contributed by atoms with Crippen LogP contribution in [0.15, 0.2) is 54.6 Å². The zero-order valence-corrected chi connectivity index (χ0v) is 13.5. The number of hydrogen-bond acceptors (Lipinski definition) is 3. The summed E-state index contributed by atoms with van der Waals surface area (Å²) in [5, 5.41) is 12.5. The minimum atomic E-state index is -4.43. The quantitative estimate of drug-likeness (QED) is 0.838. The van der Waals surface area contributed by atoms with E-state index >= 15 is 0 Å². The first-order valence-electron chi connectivity index (χ1n) is 7.62. The lowest BCUT2D eigenvalue weighted by Gasteiger charge is -2.17. The lowest BCUT2D eigenvalue weighted by Crippen LogP contribution is -2.38. The molecule has 2 aromatic rings. The van der Waals surface area contributed by atoms with E-state index < -0.39 is 29.9 Å². The normalized spacial score (nSPS) is 13.8. The van der Waals surface area contributed by atoms with Gasteiger partial charge in [-0.05, 0) is 36.8 Å². The van der Waals surface area contributed by atoms with Crippen LogP contribution in [-0.4, -0.2) is 23.7 Å². The second kappa shape index (κ2) is 8.02. The van der Waals surface area contributed by atoms with Gasteiger partial charge in [0.25, 0.3) is 5.91 Å². The predicted molar refractivity (Wildman–Crippen MR) is 85.9 cm³/mol. The van der Waals surface area contributed by atoms with Gasteiger partial charge in [-0.15, -0.1) is 0 Å². The minimum absolute atomic E-state index is 0.132. The Morgan fingerprint density at radius 3 is 2.28 bits per heavy atom. The SMILES string of the molecule is CC(Oc1ccccc1)C(=O)NCC(O)c1ccc(C(F)(F)F)cc1. The van der Waals surface area contributed by atoms with E-state index in [4.69, 9.17) is 4.74 Å². The van der Waals surface area contributed by atoms with Crippen molar-refractivity contribution >= 4 is 5.91 Å². The molecule has 1 amide bonds. The fraction of sp³-hybridized carbons (Fsp3) is 0.278. The summed E-state index contributed by atoms with van der Waals surface area (Å²) in [4.78, 5) is 12.0. The first kappa shape index (κ1) is 18.8. The highest BCUT2D eigenvalue weighted by Gasteiger charge is 2.30. The number of amides is 1. The van der Waals surface area contributed by atoms with Gasteiger partial charge in [0.2, 0.25) is 0 Å². The van der Waals surface area contributed by atoms with E-state index in [1.54, 1.807) is 31.2 Å². The standard InChI is InChI=1S/C18H18F3NO3/c1-12(25-15-5-3-2-4-6-15)17(24)22-11-16(23)13-7-9-14(10-8-13)18(19,20)21/h2-10,12,16,23H,11H2,1H3,(H,22,24). The summed E-state index contributed by atoms with van der Waals surface area (Å²) in [6.45, 7) is 1.43. The number of aliphatic hydroxyl groups excluding tert-OH is 1. The monoisotopic (exact) mass is 353 g/mol. The summed E-state index contributed by atoms with van der Waals surface area (Å²) in [5.41, 5.74) is -0.512. The molecule has 0 heterocycles. The number of ether oxygens (including phenoxy) is 1. The topological polar surface area (TPSA) is 58.6 Å². The number of benzene rings is 2. The number of para-hydroxylation sites is 1. The van der Waals surface area contributed by atoms with Gasteiger partial charge in [0, 0.05) is 6.54 Å². The van der Waals surface area contributed by atoms with Gasteiger partial charge in [0.15, 0.2) is 6.10 Å². The Kier molecular flexibility index (Phi) is 6.03. The maximum atomic E-state index is 12.5. The van der Waals surface area contributed by atoms with E-state index in [1.165, 1.54) is 12.1 Å². The Morgan fingerprint density at radius 1 is 1.12 bits per heavy atom. The molecular formula is C18H18F3NO3. The van der Waals surface area contributed by atoms with Crippen LogP contribution in [0.3, 0.4) is 0 Å². The molecule has 2 rings (SSSR count). The molecule has 2 aromatic carbocycles. The highest BCUT2D eigenvalue weighted by Crippen LogP contribution is 2.29. The molecule has 2 unspecified atom stereocenters. The molecule has 0 aromatic heterocycles. The predicted octanol–water partition coefficient (Wildman–Crippen LogP) is 3.32. The number of carbonyl (C=O) groups is 1. The number of carbonyl (C=O) groups excluding carboxylic acids is 1. The molecule has 0 saturated heterocycles. The highest BCUT2D eigenvalue weighted by molar-refractivity contribution is 5.80. The van der Waals surface area contributed by atoms with Crippen molar-refractivity contribution < 1.29 is 27.8 Å². The van der Waals surface area contributed by atoms with Gasteiger partial charge in [-0.25, -0.2) is 0 Å². The number of nitrogens with one attached hydrogen (secondary N) is 1. The molecule has 0 aliphatic carbocycles. The van der Waals surface area contributed by atoms with Gasteiger partial charge in [-0.3, -0.25) is 4.79 Å². The molecule has 0 spiro atoms. The van der Waals surface area contributed by atoms with Crippen LogP contribution in [0.1, 0.15) is 24.2 Å². The third-order valence-electron chi connectivity index (χ3n) is 3.52. The summed E-state index contributed by atoms with van der Waals surface area (Å²) in [7, 11) is 0. The van der Waals surface area contributed by atoms with Crippen LogP contribution in [0.2, 0.25) is 0 Å². The van der Waals surface area contributed by atoms with Gasteiger partial charge >= 0.3 is 6.18 Å². The second-order valence-electron chi connectivity index (χ2n) is 5.45. The van der Waals surface area contributed by atoms with Crippen LogP contribution in [0, 0.1) is 0 Å². The third-order valence-corrected chi connectivity index (χ3v) is 3.52. The van der Waals surface area contributed by atoms with Gasteiger partial charge in [0.05, 0.1) is 11.7 Å².